The van der Waals surface area contributed by atoms with Crippen LogP contribution in [0.1, 0.15) is 27.5 Å². The number of nitrogens with one attached hydrogen (secondary N) is 1. The van der Waals surface area contributed by atoms with Crippen LogP contribution in [0.3, 0.4) is 0 Å². The van der Waals surface area contributed by atoms with Gasteiger partial charge in [0.2, 0.25) is 0 Å². The summed E-state index contributed by atoms with van der Waals surface area (Å²) in [6, 6.07) is 8.74. The molecule has 1 aromatic carbocycles. The summed E-state index contributed by atoms with van der Waals surface area (Å²) < 4.78 is 12.1. The van der Waals surface area contributed by atoms with E-state index < -0.39 is 0 Å². The standard InChI is InChI=1S/C18H18ClN3O3/c1-10-7-14(12(3)22(10)17-8-11(2)25-21-17)18(23)20-13-5-6-16(24-4)15(19)9-13/h5-9H,1-4H3,(H,20,23). The number of hydrogen-bond donors (Lipinski definition) is 1. The highest BCUT2D eigenvalue weighted by molar-refractivity contribution is 6.32. The smallest absolute Gasteiger partial charge is 0.257 e. The topological polar surface area (TPSA) is 69.3 Å². The van der Waals surface area contributed by atoms with Crippen molar-refractivity contribution in [1.29, 1.82) is 0 Å². The average molecular weight is 360 g/mol. The molecule has 6 nitrogen and oxygen atoms in total. The van der Waals surface area contributed by atoms with Crippen LogP contribution >= 0.6 is 11.6 Å². The third-order valence-corrected chi connectivity index (χ3v) is 4.23. The van der Waals surface area contributed by atoms with E-state index in [1.807, 2.05) is 37.5 Å². The van der Waals surface area contributed by atoms with Gasteiger partial charge in [-0.05, 0) is 45.0 Å². The molecule has 0 radical (unpaired) electrons. The molecule has 0 aliphatic rings. The first-order valence-electron chi connectivity index (χ1n) is 7.68. The first-order chi connectivity index (χ1) is 11.9. The number of anilines is 1. The summed E-state index contributed by atoms with van der Waals surface area (Å²) in [4.78, 5) is 12.7. The van der Waals surface area contributed by atoms with Gasteiger partial charge < -0.3 is 14.6 Å². The van der Waals surface area contributed by atoms with Gasteiger partial charge in [-0.25, -0.2) is 0 Å². The Labute approximate surface area is 150 Å². The van der Waals surface area contributed by atoms with E-state index in [1.165, 1.54) is 0 Å². The Morgan fingerprint density at radius 3 is 2.60 bits per heavy atom. The molecule has 25 heavy (non-hydrogen) atoms. The van der Waals surface area contributed by atoms with Gasteiger partial charge in [0.1, 0.15) is 11.5 Å². The summed E-state index contributed by atoms with van der Waals surface area (Å²) in [5, 5.41) is 7.31. The minimum atomic E-state index is -0.221. The average Bonchev–Trinajstić information content (AvgIpc) is 3.10. The molecular weight excluding hydrogens is 342 g/mol. The fourth-order valence-electron chi connectivity index (χ4n) is 2.75. The Morgan fingerprint density at radius 1 is 1.24 bits per heavy atom. The van der Waals surface area contributed by atoms with Crippen LogP contribution in [0.15, 0.2) is 34.9 Å². The van der Waals surface area contributed by atoms with Gasteiger partial charge in [0.05, 0.1) is 17.7 Å². The van der Waals surface area contributed by atoms with Crippen molar-refractivity contribution in [3.63, 3.8) is 0 Å². The van der Waals surface area contributed by atoms with Gasteiger partial charge in [-0.1, -0.05) is 16.8 Å². The lowest BCUT2D eigenvalue weighted by Crippen LogP contribution is -2.13. The number of carbonyl (C=O) groups is 1. The van der Waals surface area contributed by atoms with Crippen molar-refractivity contribution in [2.75, 3.05) is 12.4 Å². The van der Waals surface area contributed by atoms with Gasteiger partial charge in [0.25, 0.3) is 5.91 Å². The molecule has 0 unspecified atom stereocenters. The van der Waals surface area contributed by atoms with Crippen molar-refractivity contribution in [3.8, 4) is 11.6 Å². The predicted molar refractivity (Wildman–Crippen MR) is 96.0 cm³/mol. The molecule has 0 bridgehead atoms. The molecule has 130 valence electrons. The number of ether oxygens (including phenoxy) is 1. The molecule has 0 saturated heterocycles. The van der Waals surface area contributed by atoms with E-state index in [9.17, 15) is 4.79 Å². The second kappa shape index (κ2) is 6.64. The van der Waals surface area contributed by atoms with E-state index in [0.29, 0.717) is 33.6 Å². The highest BCUT2D eigenvalue weighted by atomic mass is 35.5. The molecule has 0 saturated carbocycles. The number of halogens is 1. The first kappa shape index (κ1) is 17.1. The van der Waals surface area contributed by atoms with Gasteiger partial charge in [0.15, 0.2) is 5.82 Å². The lowest BCUT2D eigenvalue weighted by Gasteiger charge is -2.08. The molecular formula is C18H18ClN3O3. The molecule has 1 amide bonds. The maximum absolute atomic E-state index is 12.7. The first-order valence-corrected chi connectivity index (χ1v) is 8.06. The number of amides is 1. The molecule has 3 rings (SSSR count). The number of aromatic nitrogens is 2. The maximum Gasteiger partial charge on any atom is 0.257 e. The molecule has 2 heterocycles. The van der Waals surface area contributed by atoms with E-state index in [4.69, 9.17) is 20.9 Å². The van der Waals surface area contributed by atoms with Gasteiger partial charge in [0, 0.05) is 23.1 Å². The maximum atomic E-state index is 12.7. The number of rotatable bonds is 4. The Kier molecular flexibility index (Phi) is 4.55. The lowest BCUT2D eigenvalue weighted by atomic mass is 10.2. The van der Waals surface area contributed by atoms with Crippen LogP contribution in [0.2, 0.25) is 5.02 Å². The normalized spacial score (nSPS) is 10.8. The summed E-state index contributed by atoms with van der Waals surface area (Å²) in [5.41, 5.74) is 2.83. The quantitative estimate of drug-likeness (QED) is 0.753. The lowest BCUT2D eigenvalue weighted by molar-refractivity contribution is 0.102. The Hall–Kier alpha value is -2.73. The fraction of sp³-hybridized carbons (Fsp3) is 0.222. The van der Waals surface area contributed by atoms with E-state index >= 15 is 0 Å². The molecule has 2 aromatic heterocycles. The van der Waals surface area contributed by atoms with Crippen LogP contribution in [0, 0.1) is 20.8 Å². The van der Waals surface area contributed by atoms with Gasteiger partial charge in [-0.2, -0.15) is 0 Å². The molecule has 0 fully saturated rings. The van der Waals surface area contributed by atoms with Gasteiger partial charge >= 0.3 is 0 Å². The minimum Gasteiger partial charge on any atom is -0.495 e. The van der Waals surface area contributed by atoms with Crippen LogP contribution in [-0.2, 0) is 0 Å². The Morgan fingerprint density at radius 2 is 2.00 bits per heavy atom. The third-order valence-electron chi connectivity index (χ3n) is 3.93. The molecule has 0 atom stereocenters. The highest BCUT2D eigenvalue weighted by Gasteiger charge is 2.18. The molecule has 0 spiro atoms. The van der Waals surface area contributed by atoms with Gasteiger partial charge in [-0.3, -0.25) is 9.36 Å². The zero-order valence-corrected chi connectivity index (χ0v) is 15.1. The summed E-state index contributed by atoms with van der Waals surface area (Å²) in [6.07, 6.45) is 0. The third kappa shape index (κ3) is 3.25. The van der Waals surface area contributed by atoms with E-state index in [1.54, 1.807) is 25.3 Å². The summed E-state index contributed by atoms with van der Waals surface area (Å²) in [6.45, 7) is 5.61. The number of nitrogens with zero attached hydrogens (tertiary/aromatic N) is 2. The van der Waals surface area contributed by atoms with Crippen molar-refractivity contribution in [2.24, 2.45) is 0 Å². The molecule has 0 aliphatic heterocycles. The monoisotopic (exact) mass is 359 g/mol. The Balaban J connectivity index is 1.89. The zero-order valence-electron chi connectivity index (χ0n) is 14.4. The highest BCUT2D eigenvalue weighted by Crippen LogP contribution is 2.28. The van der Waals surface area contributed by atoms with E-state index in [-0.39, 0.29) is 5.91 Å². The second-order valence-corrected chi connectivity index (χ2v) is 6.13. The molecule has 1 N–H and O–H groups in total. The van der Waals surface area contributed by atoms with E-state index in [2.05, 4.69) is 10.5 Å². The number of carbonyl (C=O) groups excluding carboxylic acids is 1. The summed E-state index contributed by atoms with van der Waals surface area (Å²) >= 11 is 6.10. The van der Waals surface area contributed by atoms with Crippen LogP contribution in [0.4, 0.5) is 5.69 Å². The number of benzene rings is 1. The van der Waals surface area contributed by atoms with Crippen LogP contribution in [0.25, 0.3) is 5.82 Å². The predicted octanol–water partition coefficient (Wildman–Crippen LogP) is 4.30. The van der Waals surface area contributed by atoms with Crippen LogP contribution in [-0.4, -0.2) is 22.7 Å². The van der Waals surface area contributed by atoms with Crippen molar-refractivity contribution in [1.82, 2.24) is 9.72 Å². The fourth-order valence-corrected chi connectivity index (χ4v) is 3.00. The molecule has 0 aliphatic carbocycles. The van der Waals surface area contributed by atoms with Crippen LogP contribution < -0.4 is 10.1 Å². The zero-order chi connectivity index (χ0) is 18.1. The number of aryl methyl sites for hydroxylation is 2. The summed E-state index contributed by atoms with van der Waals surface area (Å²) in [5.74, 6) is 1.69. The SMILES string of the molecule is COc1ccc(NC(=O)c2cc(C)n(-c3cc(C)on3)c2C)cc1Cl. The molecule has 7 heteroatoms. The largest absolute Gasteiger partial charge is 0.495 e. The second-order valence-electron chi connectivity index (χ2n) is 5.72. The minimum absolute atomic E-state index is 0.221. The molecule has 3 aromatic rings. The number of methoxy groups -OCH3 is 1. The number of hydrogen-bond acceptors (Lipinski definition) is 4. The Bertz CT molecular complexity index is 943. The van der Waals surface area contributed by atoms with Crippen molar-refractivity contribution >= 4 is 23.2 Å². The van der Waals surface area contributed by atoms with E-state index in [0.717, 1.165) is 11.4 Å². The van der Waals surface area contributed by atoms with Crippen molar-refractivity contribution < 1.29 is 14.1 Å². The van der Waals surface area contributed by atoms with Crippen molar-refractivity contribution in [3.05, 3.63) is 58.1 Å². The summed E-state index contributed by atoms with van der Waals surface area (Å²) in [7, 11) is 1.54. The van der Waals surface area contributed by atoms with Crippen molar-refractivity contribution in [2.45, 2.75) is 20.8 Å². The van der Waals surface area contributed by atoms with Gasteiger partial charge in [-0.15, -0.1) is 0 Å². The van der Waals surface area contributed by atoms with Crippen LogP contribution in [0.5, 0.6) is 5.75 Å².